The maximum absolute atomic E-state index is 12.9. The van der Waals surface area contributed by atoms with Crippen LogP contribution in [0.25, 0.3) is 0 Å². The van der Waals surface area contributed by atoms with Gasteiger partial charge in [0.05, 0.1) is 21.9 Å². The maximum atomic E-state index is 12.9. The van der Waals surface area contributed by atoms with Crippen molar-refractivity contribution < 1.29 is 18.1 Å². The molecule has 11 heteroatoms. The molecule has 1 aliphatic rings. The summed E-state index contributed by atoms with van der Waals surface area (Å²) in [6.45, 7) is 9.70. The van der Waals surface area contributed by atoms with Gasteiger partial charge in [-0.25, -0.2) is 8.42 Å². The van der Waals surface area contributed by atoms with Crippen LogP contribution in [0.1, 0.15) is 30.8 Å². The summed E-state index contributed by atoms with van der Waals surface area (Å²) >= 11 is 0. The van der Waals surface area contributed by atoms with Crippen LogP contribution in [0.4, 0.5) is 5.69 Å². The summed E-state index contributed by atoms with van der Waals surface area (Å²) in [6.07, 6.45) is 0.230. The summed E-state index contributed by atoms with van der Waals surface area (Å²) in [7, 11) is -3.87. The Bertz CT molecular complexity index is 1120. The van der Waals surface area contributed by atoms with Crippen molar-refractivity contribution in [1.82, 2.24) is 19.0 Å². The fourth-order valence-corrected chi connectivity index (χ4v) is 5.32. The molecule has 2 heterocycles. The monoisotopic (exact) mass is 463 g/mol. The van der Waals surface area contributed by atoms with Gasteiger partial charge >= 0.3 is 0 Å². The minimum atomic E-state index is -3.87. The van der Waals surface area contributed by atoms with Crippen LogP contribution < -0.4 is 0 Å². The van der Waals surface area contributed by atoms with Crippen molar-refractivity contribution in [3.05, 3.63) is 51.3 Å². The number of rotatable bonds is 7. The molecule has 0 radical (unpaired) electrons. The third-order valence-electron chi connectivity index (χ3n) is 5.65. The van der Waals surface area contributed by atoms with Gasteiger partial charge in [-0.1, -0.05) is 19.9 Å². The predicted octanol–water partition coefficient (Wildman–Crippen LogP) is 2.14. The molecule has 0 spiro atoms. The Labute approximate surface area is 188 Å². The lowest BCUT2D eigenvalue weighted by molar-refractivity contribution is -0.385. The zero-order chi connectivity index (χ0) is 23.6. The predicted molar refractivity (Wildman–Crippen MR) is 119 cm³/mol. The van der Waals surface area contributed by atoms with Crippen LogP contribution in [0.3, 0.4) is 0 Å². The molecule has 0 bridgehead atoms. The lowest BCUT2D eigenvalue weighted by atomic mass is 10.1. The normalized spacial score (nSPS) is 15.3. The Balaban J connectivity index is 1.66. The quantitative estimate of drug-likeness (QED) is 0.458. The van der Waals surface area contributed by atoms with E-state index >= 15 is 0 Å². The third kappa shape index (κ3) is 4.99. The minimum Gasteiger partial charge on any atom is -0.340 e. The van der Waals surface area contributed by atoms with Gasteiger partial charge in [-0.3, -0.25) is 19.6 Å². The molecule has 0 atom stereocenters. The van der Waals surface area contributed by atoms with E-state index in [1.807, 2.05) is 18.5 Å². The molecule has 0 N–H and O–H groups in total. The molecule has 1 fully saturated rings. The van der Waals surface area contributed by atoms with Crippen LogP contribution in [0.15, 0.2) is 29.2 Å². The molecule has 1 amide bonds. The number of carbonyl (C=O) groups excluding carboxylic acids is 1. The van der Waals surface area contributed by atoms with Crippen molar-refractivity contribution in [3.63, 3.8) is 0 Å². The van der Waals surface area contributed by atoms with Gasteiger partial charge in [-0.05, 0) is 25.8 Å². The van der Waals surface area contributed by atoms with E-state index in [-0.39, 0.29) is 49.1 Å². The van der Waals surface area contributed by atoms with Gasteiger partial charge in [0.2, 0.25) is 15.9 Å². The Morgan fingerprint density at radius 3 is 2.44 bits per heavy atom. The van der Waals surface area contributed by atoms with Crippen molar-refractivity contribution in [2.24, 2.45) is 5.92 Å². The summed E-state index contributed by atoms with van der Waals surface area (Å²) in [5.41, 5.74) is 2.46. The van der Waals surface area contributed by atoms with Gasteiger partial charge in [0, 0.05) is 56.1 Å². The second kappa shape index (κ2) is 9.37. The Morgan fingerprint density at radius 2 is 1.84 bits per heavy atom. The third-order valence-corrected chi connectivity index (χ3v) is 7.55. The standard InChI is InChI=1S/C21H29N5O5S/c1-15(2)14-25-17(4)20(16(3)22-25)13-21(27)23-8-10-24(11-9-23)32(30,31)19-7-5-6-18(12-19)26(28)29/h5-7,12,15H,8-11,13-14H2,1-4H3. The molecule has 1 saturated heterocycles. The largest absolute Gasteiger partial charge is 0.340 e. The number of amides is 1. The van der Waals surface area contributed by atoms with Crippen LogP contribution in [-0.4, -0.2) is 64.4 Å². The minimum absolute atomic E-state index is 0.0623. The highest BCUT2D eigenvalue weighted by molar-refractivity contribution is 7.89. The van der Waals surface area contributed by atoms with Gasteiger partial charge in [0.15, 0.2) is 0 Å². The van der Waals surface area contributed by atoms with Crippen LogP contribution in [0.2, 0.25) is 0 Å². The number of aromatic nitrogens is 2. The first-order valence-corrected chi connectivity index (χ1v) is 12.0. The van der Waals surface area contributed by atoms with Gasteiger partial charge in [0.25, 0.3) is 5.69 Å². The molecule has 1 aliphatic heterocycles. The Morgan fingerprint density at radius 1 is 1.19 bits per heavy atom. The van der Waals surface area contributed by atoms with E-state index in [1.165, 1.54) is 22.5 Å². The lowest BCUT2D eigenvalue weighted by Gasteiger charge is -2.34. The molecular formula is C21H29N5O5S. The molecule has 0 saturated carbocycles. The molecule has 0 unspecified atom stereocenters. The maximum Gasteiger partial charge on any atom is 0.270 e. The number of sulfonamides is 1. The molecule has 174 valence electrons. The van der Waals surface area contributed by atoms with Crippen molar-refractivity contribution in [1.29, 1.82) is 0 Å². The zero-order valence-electron chi connectivity index (χ0n) is 18.8. The second-order valence-corrected chi connectivity index (χ2v) is 10.4. The van der Waals surface area contributed by atoms with Crippen molar-refractivity contribution >= 4 is 21.6 Å². The molecule has 2 aromatic rings. The highest BCUT2D eigenvalue weighted by Crippen LogP contribution is 2.23. The van der Waals surface area contributed by atoms with Crippen molar-refractivity contribution in [3.8, 4) is 0 Å². The summed E-state index contributed by atoms with van der Waals surface area (Å²) in [5, 5.41) is 15.5. The number of nitro benzene ring substituents is 1. The van der Waals surface area contributed by atoms with E-state index in [1.54, 1.807) is 4.90 Å². The number of nitro groups is 1. The number of hydrogen-bond donors (Lipinski definition) is 0. The van der Waals surface area contributed by atoms with Crippen LogP contribution in [-0.2, 0) is 27.8 Å². The molecule has 0 aliphatic carbocycles. The van der Waals surface area contributed by atoms with Crippen molar-refractivity contribution in [2.75, 3.05) is 26.2 Å². The SMILES string of the molecule is Cc1nn(CC(C)C)c(C)c1CC(=O)N1CCN(S(=O)(=O)c2cccc([N+](=O)[O-])c2)CC1. The van der Waals surface area contributed by atoms with Gasteiger partial charge in [0.1, 0.15) is 0 Å². The number of carbonyl (C=O) groups is 1. The van der Waals surface area contributed by atoms with E-state index in [0.717, 1.165) is 29.6 Å². The molecule has 3 rings (SSSR count). The van der Waals surface area contributed by atoms with E-state index in [4.69, 9.17) is 0 Å². The molecule has 10 nitrogen and oxygen atoms in total. The zero-order valence-corrected chi connectivity index (χ0v) is 19.6. The number of non-ortho nitro benzene ring substituents is 1. The molecule has 32 heavy (non-hydrogen) atoms. The summed E-state index contributed by atoms with van der Waals surface area (Å²) in [4.78, 5) is 24.8. The highest BCUT2D eigenvalue weighted by atomic mass is 32.2. The number of nitrogens with zero attached hydrogens (tertiary/aromatic N) is 5. The van der Waals surface area contributed by atoms with Gasteiger partial charge < -0.3 is 4.90 Å². The molecule has 1 aromatic carbocycles. The topological polar surface area (TPSA) is 119 Å². The number of piperazine rings is 1. The fraction of sp³-hybridized carbons (Fsp3) is 0.524. The number of hydrogen-bond acceptors (Lipinski definition) is 6. The highest BCUT2D eigenvalue weighted by Gasteiger charge is 2.31. The average Bonchev–Trinajstić information content (AvgIpc) is 3.00. The van der Waals surface area contributed by atoms with Crippen LogP contribution >= 0.6 is 0 Å². The van der Waals surface area contributed by atoms with Crippen LogP contribution in [0.5, 0.6) is 0 Å². The lowest BCUT2D eigenvalue weighted by Crippen LogP contribution is -2.50. The van der Waals surface area contributed by atoms with E-state index in [0.29, 0.717) is 5.92 Å². The number of benzene rings is 1. The van der Waals surface area contributed by atoms with E-state index in [2.05, 4.69) is 18.9 Å². The first kappa shape index (κ1) is 23.9. The fourth-order valence-electron chi connectivity index (χ4n) is 3.86. The Kier molecular flexibility index (Phi) is 6.99. The summed E-state index contributed by atoms with van der Waals surface area (Å²) < 4.78 is 29.0. The Hall–Kier alpha value is -2.79. The first-order chi connectivity index (χ1) is 15.0. The first-order valence-electron chi connectivity index (χ1n) is 10.6. The molecule has 1 aromatic heterocycles. The summed E-state index contributed by atoms with van der Waals surface area (Å²) in [6, 6.07) is 5.02. The van der Waals surface area contributed by atoms with E-state index < -0.39 is 14.9 Å². The van der Waals surface area contributed by atoms with Crippen molar-refractivity contribution in [2.45, 2.75) is 45.6 Å². The second-order valence-electron chi connectivity index (χ2n) is 8.44. The average molecular weight is 464 g/mol. The number of aryl methyl sites for hydroxylation is 1. The van der Waals surface area contributed by atoms with Gasteiger partial charge in [-0.2, -0.15) is 9.40 Å². The summed E-state index contributed by atoms with van der Waals surface area (Å²) in [5.74, 6) is 0.380. The van der Waals surface area contributed by atoms with Crippen LogP contribution in [0, 0.1) is 29.9 Å². The smallest absolute Gasteiger partial charge is 0.270 e. The molecular weight excluding hydrogens is 434 g/mol. The van der Waals surface area contributed by atoms with E-state index in [9.17, 15) is 23.3 Å². The van der Waals surface area contributed by atoms with Gasteiger partial charge in [-0.15, -0.1) is 0 Å².